The van der Waals surface area contributed by atoms with E-state index < -0.39 is 17.3 Å². The number of carbonyl (C=O) groups excluding carboxylic acids is 2. The molecule has 0 aliphatic carbocycles. The van der Waals surface area contributed by atoms with Crippen LogP contribution >= 0.6 is 11.6 Å². The highest BCUT2D eigenvalue weighted by Gasteiger charge is 2.46. The van der Waals surface area contributed by atoms with Crippen molar-refractivity contribution >= 4 is 29.5 Å². The van der Waals surface area contributed by atoms with Gasteiger partial charge in [0.1, 0.15) is 0 Å². The minimum absolute atomic E-state index is 0.0596. The van der Waals surface area contributed by atoms with Gasteiger partial charge < -0.3 is 10.2 Å². The third kappa shape index (κ3) is 3.58. The van der Waals surface area contributed by atoms with Crippen LogP contribution in [0.5, 0.6) is 0 Å². The monoisotopic (exact) mass is 434 g/mol. The summed E-state index contributed by atoms with van der Waals surface area (Å²) in [6, 6.07) is 10.3. The molecule has 4 rings (SSSR count). The number of likely N-dealkylation sites (tertiary alicyclic amines) is 1. The molecule has 1 spiro atoms. The number of benzene rings is 2. The number of rotatable bonds is 2. The molecule has 0 radical (unpaired) electrons. The van der Waals surface area contributed by atoms with Gasteiger partial charge in [0.2, 0.25) is 5.91 Å². The van der Waals surface area contributed by atoms with E-state index in [0.717, 1.165) is 17.7 Å². The molecule has 156 valence electrons. The molecule has 0 atom stereocenters. The summed E-state index contributed by atoms with van der Waals surface area (Å²) in [5.74, 6) is -0.554. The van der Waals surface area contributed by atoms with Crippen LogP contribution < -0.4 is 5.32 Å². The van der Waals surface area contributed by atoms with Crippen LogP contribution in [0.25, 0.3) is 6.08 Å². The summed E-state index contributed by atoms with van der Waals surface area (Å²) >= 11 is 6.35. The number of hydrogen-bond acceptors (Lipinski definition) is 2. The Morgan fingerprint density at radius 1 is 1.10 bits per heavy atom. The van der Waals surface area contributed by atoms with Crippen molar-refractivity contribution in [2.75, 3.05) is 13.1 Å². The van der Waals surface area contributed by atoms with Crippen LogP contribution in [-0.2, 0) is 16.5 Å². The second kappa shape index (κ2) is 7.47. The Bertz CT molecular complexity index is 1040. The lowest BCUT2D eigenvalue weighted by Gasteiger charge is -2.39. The third-order valence-corrected chi connectivity index (χ3v) is 6.00. The number of nitrogens with zero attached hydrogens (tertiary/aromatic N) is 1. The quantitative estimate of drug-likeness (QED) is 0.700. The molecule has 1 saturated heterocycles. The average Bonchev–Trinajstić information content (AvgIpc) is 2.99. The number of nitrogens with one attached hydrogen (secondary N) is 1. The maximum Gasteiger partial charge on any atom is 0.416 e. The van der Waals surface area contributed by atoms with Crippen molar-refractivity contribution in [3.63, 3.8) is 0 Å². The highest BCUT2D eigenvalue weighted by molar-refractivity contribution is 6.32. The van der Waals surface area contributed by atoms with Gasteiger partial charge in [-0.2, -0.15) is 13.2 Å². The van der Waals surface area contributed by atoms with E-state index in [4.69, 9.17) is 11.6 Å². The van der Waals surface area contributed by atoms with Gasteiger partial charge in [-0.3, -0.25) is 9.59 Å². The Morgan fingerprint density at radius 2 is 1.80 bits per heavy atom. The van der Waals surface area contributed by atoms with Crippen molar-refractivity contribution in [3.05, 3.63) is 75.8 Å². The molecule has 0 aromatic heterocycles. The Labute approximate surface area is 176 Å². The van der Waals surface area contributed by atoms with Crippen LogP contribution in [0.4, 0.5) is 13.2 Å². The van der Waals surface area contributed by atoms with E-state index in [9.17, 15) is 22.8 Å². The molecule has 30 heavy (non-hydrogen) atoms. The fourth-order valence-corrected chi connectivity index (χ4v) is 4.55. The van der Waals surface area contributed by atoms with Gasteiger partial charge in [-0.25, -0.2) is 0 Å². The van der Waals surface area contributed by atoms with Crippen LogP contribution in [0.2, 0.25) is 5.02 Å². The van der Waals surface area contributed by atoms with Crippen molar-refractivity contribution in [2.45, 2.75) is 24.6 Å². The molecule has 0 bridgehead atoms. The predicted molar refractivity (Wildman–Crippen MR) is 107 cm³/mol. The van der Waals surface area contributed by atoms with Gasteiger partial charge >= 0.3 is 6.18 Å². The summed E-state index contributed by atoms with van der Waals surface area (Å²) in [6.07, 6.45) is -1.17. The number of alkyl halides is 3. The largest absolute Gasteiger partial charge is 0.416 e. The first kappa shape index (κ1) is 20.5. The van der Waals surface area contributed by atoms with E-state index in [0.29, 0.717) is 36.5 Å². The van der Waals surface area contributed by atoms with Crippen LogP contribution in [0.1, 0.15) is 39.9 Å². The zero-order valence-electron chi connectivity index (χ0n) is 15.8. The molecule has 2 heterocycles. The normalized spacial score (nSPS) is 18.0. The van der Waals surface area contributed by atoms with Gasteiger partial charge in [-0.1, -0.05) is 35.9 Å². The van der Waals surface area contributed by atoms with Crippen LogP contribution in [0, 0.1) is 0 Å². The highest BCUT2D eigenvalue weighted by Crippen LogP contribution is 2.43. The van der Waals surface area contributed by atoms with Crippen molar-refractivity contribution < 1.29 is 22.8 Å². The Hall–Kier alpha value is -2.80. The zero-order chi connectivity index (χ0) is 21.5. The summed E-state index contributed by atoms with van der Waals surface area (Å²) in [7, 11) is 0. The number of piperidine rings is 1. The highest BCUT2D eigenvalue weighted by atomic mass is 35.5. The maximum absolute atomic E-state index is 13.1. The van der Waals surface area contributed by atoms with E-state index in [-0.39, 0.29) is 17.4 Å². The van der Waals surface area contributed by atoms with Gasteiger partial charge in [0.15, 0.2) is 0 Å². The fraction of sp³-hybridized carbons (Fsp3) is 0.273. The smallest absolute Gasteiger partial charge is 0.342 e. The minimum atomic E-state index is -4.49. The van der Waals surface area contributed by atoms with Crippen molar-refractivity contribution in [1.82, 2.24) is 10.2 Å². The van der Waals surface area contributed by atoms with E-state index in [2.05, 4.69) is 5.32 Å². The SMILES string of the molecule is O=C1NC2(CCN(C(=O)/C=C/c3ccccc3C(F)(F)F)CC2)c2c(Cl)cccc21. The third-order valence-electron chi connectivity index (χ3n) is 5.69. The van der Waals surface area contributed by atoms with E-state index in [1.165, 1.54) is 24.3 Å². The lowest BCUT2D eigenvalue weighted by atomic mass is 9.81. The Morgan fingerprint density at radius 3 is 2.50 bits per heavy atom. The van der Waals surface area contributed by atoms with Gasteiger partial charge in [0, 0.05) is 35.3 Å². The van der Waals surface area contributed by atoms with Crippen molar-refractivity contribution in [2.24, 2.45) is 0 Å². The number of halogens is 4. The molecule has 4 nitrogen and oxygen atoms in total. The van der Waals surface area contributed by atoms with Gasteiger partial charge in [-0.15, -0.1) is 0 Å². The Balaban J connectivity index is 1.48. The lowest BCUT2D eigenvalue weighted by Crippen LogP contribution is -2.50. The van der Waals surface area contributed by atoms with E-state index in [1.54, 1.807) is 23.1 Å². The second-order valence-electron chi connectivity index (χ2n) is 7.44. The van der Waals surface area contributed by atoms with Gasteiger partial charge in [0.05, 0.1) is 11.1 Å². The van der Waals surface area contributed by atoms with Crippen LogP contribution in [0.3, 0.4) is 0 Å². The molecular weight excluding hydrogens is 417 g/mol. The number of amides is 2. The summed E-state index contributed by atoms with van der Waals surface area (Å²) < 4.78 is 39.3. The maximum atomic E-state index is 13.1. The zero-order valence-corrected chi connectivity index (χ0v) is 16.6. The first-order valence-electron chi connectivity index (χ1n) is 9.46. The lowest BCUT2D eigenvalue weighted by molar-refractivity contribution is -0.137. The molecule has 1 fully saturated rings. The average molecular weight is 435 g/mol. The van der Waals surface area contributed by atoms with Crippen molar-refractivity contribution in [1.29, 1.82) is 0 Å². The molecule has 0 unspecified atom stereocenters. The summed E-state index contributed by atoms with van der Waals surface area (Å²) in [5.41, 5.74) is -0.153. The number of carbonyl (C=O) groups is 2. The molecule has 2 aliphatic rings. The molecule has 2 aliphatic heterocycles. The number of fused-ring (bicyclic) bond motifs is 2. The Kier molecular flexibility index (Phi) is 5.10. The molecule has 1 N–H and O–H groups in total. The van der Waals surface area contributed by atoms with Crippen LogP contribution in [-0.4, -0.2) is 29.8 Å². The van der Waals surface area contributed by atoms with Gasteiger partial charge in [-0.05, 0) is 42.7 Å². The fourth-order valence-electron chi connectivity index (χ4n) is 4.20. The van der Waals surface area contributed by atoms with Gasteiger partial charge in [0.25, 0.3) is 5.91 Å². The molecule has 2 aromatic rings. The molecular formula is C22H18ClF3N2O2. The van der Waals surface area contributed by atoms with E-state index in [1.807, 2.05) is 0 Å². The second-order valence-corrected chi connectivity index (χ2v) is 7.85. The summed E-state index contributed by atoms with van der Waals surface area (Å²) in [5, 5.41) is 3.52. The van der Waals surface area contributed by atoms with Crippen LogP contribution in [0.15, 0.2) is 48.5 Å². The molecule has 0 saturated carbocycles. The predicted octanol–water partition coefficient (Wildman–Crippen LogP) is 4.63. The molecule has 2 amide bonds. The number of hydrogen-bond donors (Lipinski definition) is 1. The van der Waals surface area contributed by atoms with E-state index >= 15 is 0 Å². The molecule has 8 heteroatoms. The van der Waals surface area contributed by atoms with Crippen molar-refractivity contribution in [3.8, 4) is 0 Å². The summed E-state index contributed by atoms with van der Waals surface area (Å²) in [6.45, 7) is 0.712. The first-order valence-corrected chi connectivity index (χ1v) is 9.84. The topological polar surface area (TPSA) is 49.4 Å². The minimum Gasteiger partial charge on any atom is -0.342 e. The summed E-state index contributed by atoms with van der Waals surface area (Å²) in [4.78, 5) is 26.5. The molecule has 2 aromatic carbocycles. The first-order chi connectivity index (χ1) is 14.2. The standard InChI is InChI=1S/C22H18ClF3N2O2/c23-17-7-3-5-15-19(17)21(27-20(15)30)10-12-28(13-11-21)18(29)9-8-14-4-1-2-6-16(14)22(24,25)26/h1-9H,10-13H2,(H,27,30)/b9-8+.